The van der Waals surface area contributed by atoms with Gasteiger partial charge in [-0.2, -0.15) is 0 Å². The largest absolute Gasteiger partial charge is 0.352 e. The average Bonchev–Trinajstić information content (AvgIpc) is 3.00. The van der Waals surface area contributed by atoms with Gasteiger partial charge >= 0.3 is 0 Å². The average molecular weight is 388 g/mol. The van der Waals surface area contributed by atoms with Crippen LogP contribution in [0.15, 0.2) is 46.0 Å². The number of amides is 1. The van der Waals surface area contributed by atoms with Gasteiger partial charge in [0.05, 0.1) is 0 Å². The Bertz CT molecular complexity index is 790. The zero-order valence-corrected chi connectivity index (χ0v) is 15.1. The van der Waals surface area contributed by atoms with Crippen molar-refractivity contribution < 1.29 is 13.2 Å². The van der Waals surface area contributed by atoms with Crippen LogP contribution in [0.3, 0.4) is 0 Å². The van der Waals surface area contributed by atoms with Gasteiger partial charge in [-0.1, -0.05) is 12.1 Å². The van der Waals surface area contributed by atoms with E-state index in [2.05, 4.69) is 15.4 Å². The second-order valence-corrected chi connectivity index (χ2v) is 8.21. The van der Waals surface area contributed by atoms with Crippen molar-refractivity contribution in [2.24, 2.45) is 5.92 Å². The van der Waals surface area contributed by atoms with Crippen LogP contribution in [0.1, 0.15) is 10.4 Å². The van der Waals surface area contributed by atoms with Crippen molar-refractivity contribution >= 4 is 45.4 Å². The van der Waals surface area contributed by atoms with Gasteiger partial charge in [-0.05, 0) is 29.6 Å². The number of sulfonamides is 1. The number of carbonyl (C=O) groups is 1. The molecule has 1 aromatic heterocycles. The van der Waals surface area contributed by atoms with E-state index in [1.807, 2.05) is 0 Å². The normalized spacial score (nSPS) is 14.3. The second kappa shape index (κ2) is 7.98. The van der Waals surface area contributed by atoms with Crippen LogP contribution in [0.25, 0.3) is 0 Å². The number of hydrogen-bond acceptors (Lipinski definition) is 5. The molecule has 0 unspecified atom stereocenters. The van der Waals surface area contributed by atoms with E-state index in [4.69, 9.17) is 0 Å². The Kier molecular flexibility index (Phi) is 6.22. The molecule has 1 saturated heterocycles. The number of halogens is 1. The van der Waals surface area contributed by atoms with Crippen LogP contribution in [0, 0.1) is 5.92 Å². The van der Waals surface area contributed by atoms with E-state index in [1.54, 1.807) is 35.7 Å². The van der Waals surface area contributed by atoms with Crippen LogP contribution in [0.2, 0.25) is 0 Å². The first-order chi connectivity index (χ1) is 11.0. The molecule has 1 aliphatic rings. The van der Waals surface area contributed by atoms with Gasteiger partial charge in [-0.15, -0.1) is 23.7 Å². The predicted molar refractivity (Wildman–Crippen MR) is 97.5 cm³/mol. The summed E-state index contributed by atoms with van der Waals surface area (Å²) in [5.41, 5.74) is 0.806. The Morgan fingerprint density at radius 3 is 2.67 bits per heavy atom. The molecule has 24 heavy (non-hydrogen) atoms. The highest BCUT2D eigenvalue weighted by atomic mass is 35.5. The maximum Gasteiger partial charge on any atom is 0.271 e. The highest BCUT2D eigenvalue weighted by Gasteiger charge is 2.18. The molecule has 6 nitrogen and oxygen atoms in total. The van der Waals surface area contributed by atoms with Crippen LogP contribution < -0.4 is 15.4 Å². The minimum Gasteiger partial charge on any atom is -0.352 e. The van der Waals surface area contributed by atoms with Crippen LogP contribution in [-0.2, 0) is 10.0 Å². The highest BCUT2D eigenvalue weighted by Crippen LogP contribution is 2.20. The SMILES string of the molecule is Cl.O=C(NCC1CNC1)c1cccc(NS(=O)(=O)c2cccs2)c1. The number of hydrogen-bond donors (Lipinski definition) is 3. The summed E-state index contributed by atoms with van der Waals surface area (Å²) in [5, 5.41) is 7.71. The molecule has 0 aliphatic carbocycles. The third-order valence-electron chi connectivity index (χ3n) is 3.55. The number of carbonyl (C=O) groups excluding carboxylic acids is 1. The smallest absolute Gasteiger partial charge is 0.271 e. The molecule has 1 aliphatic heterocycles. The zero-order chi connectivity index (χ0) is 16.3. The summed E-state index contributed by atoms with van der Waals surface area (Å²) in [7, 11) is -3.60. The fraction of sp³-hybridized carbons (Fsp3) is 0.267. The summed E-state index contributed by atoms with van der Waals surface area (Å²) >= 11 is 1.14. The third kappa shape index (κ3) is 4.47. The van der Waals surface area contributed by atoms with Crippen molar-refractivity contribution in [1.82, 2.24) is 10.6 Å². The molecule has 0 bridgehead atoms. The van der Waals surface area contributed by atoms with Crippen molar-refractivity contribution in [1.29, 1.82) is 0 Å². The Hall–Kier alpha value is -1.61. The standard InChI is InChI=1S/C15H17N3O3S2.ClH/c19-15(17-10-11-8-16-9-11)12-3-1-4-13(7-12)18-23(20,21)14-5-2-6-22-14;/h1-7,11,16,18H,8-10H2,(H,17,19);1H. The van der Waals surface area contributed by atoms with Crippen LogP contribution in [0.4, 0.5) is 5.69 Å². The number of benzene rings is 1. The topological polar surface area (TPSA) is 87.3 Å². The van der Waals surface area contributed by atoms with Gasteiger partial charge in [0.2, 0.25) is 0 Å². The number of rotatable bonds is 6. The lowest BCUT2D eigenvalue weighted by atomic mass is 10.0. The van der Waals surface area contributed by atoms with Crippen molar-refractivity contribution in [2.45, 2.75) is 4.21 Å². The molecular formula is C15H18ClN3O3S2. The van der Waals surface area contributed by atoms with Gasteiger partial charge < -0.3 is 10.6 Å². The zero-order valence-electron chi connectivity index (χ0n) is 12.7. The van der Waals surface area contributed by atoms with E-state index in [9.17, 15) is 13.2 Å². The van der Waals surface area contributed by atoms with Crippen molar-refractivity contribution in [3.05, 3.63) is 47.3 Å². The molecule has 0 saturated carbocycles. The summed E-state index contributed by atoms with van der Waals surface area (Å²) in [6, 6.07) is 9.70. The van der Waals surface area contributed by atoms with E-state index in [1.165, 1.54) is 6.07 Å². The monoisotopic (exact) mass is 387 g/mol. The summed E-state index contributed by atoms with van der Waals surface area (Å²) < 4.78 is 27.1. The Morgan fingerprint density at radius 1 is 1.25 bits per heavy atom. The van der Waals surface area contributed by atoms with Crippen molar-refractivity contribution in [2.75, 3.05) is 24.4 Å². The first-order valence-corrected chi connectivity index (χ1v) is 9.56. The molecule has 0 atom stereocenters. The summed E-state index contributed by atoms with van der Waals surface area (Å²) in [6.07, 6.45) is 0. The highest BCUT2D eigenvalue weighted by molar-refractivity contribution is 7.94. The van der Waals surface area contributed by atoms with Gasteiger partial charge in [0.15, 0.2) is 0 Å². The molecular weight excluding hydrogens is 370 g/mol. The molecule has 0 spiro atoms. The van der Waals surface area contributed by atoms with Crippen LogP contribution >= 0.6 is 23.7 Å². The summed E-state index contributed by atoms with van der Waals surface area (Å²) in [6.45, 7) is 2.46. The Balaban J connectivity index is 0.00000208. The van der Waals surface area contributed by atoms with Gasteiger partial charge in [-0.3, -0.25) is 9.52 Å². The van der Waals surface area contributed by atoms with Crippen LogP contribution in [0.5, 0.6) is 0 Å². The Morgan fingerprint density at radius 2 is 2.04 bits per heavy atom. The van der Waals surface area contributed by atoms with Gasteiger partial charge in [0.25, 0.3) is 15.9 Å². The molecule has 2 heterocycles. The van der Waals surface area contributed by atoms with E-state index < -0.39 is 10.0 Å². The maximum absolute atomic E-state index is 12.2. The molecule has 9 heteroatoms. The molecule has 130 valence electrons. The summed E-state index contributed by atoms with van der Waals surface area (Å²) in [5.74, 6) is 0.272. The lowest BCUT2D eigenvalue weighted by molar-refractivity contribution is 0.0942. The van der Waals surface area contributed by atoms with Crippen LogP contribution in [-0.4, -0.2) is 34.0 Å². The molecule has 1 amide bonds. The van der Waals surface area contributed by atoms with Crippen molar-refractivity contribution in [3.8, 4) is 0 Å². The molecule has 0 radical (unpaired) electrons. The lowest BCUT2D eigenvalue weighted by Gasteiger charge is -2.27. The Labute approximate surface area is 151 Å². The quantitative estimate of drug-likeness (QED) is 0.706. The molecule has 1 fully saturated rings. The van der Waals surface area contributed by atoms with E-state index >= 15 is 0 Å². The minimum absolute atomic E-state index is 0. The van der Waals surface area contributed by atoms with Gasteiger partial charge in [0, 0.05) is 36.8 Å². The van der Waals surface area contributed by atoms with E-state index in [0.29, 0.717) is 23.7 Å². The van der Waals surface area contributed by atoms with Gasteiger partial charge in [-0.25, -0.2) is 8.42 Å². The first-order valence-electron chi connectivity index (χ1n) is 7.20. The third-order valence-corrected chi connectivity index (χ3v) is 6.33. The van der Waals surface area contributed by atoms with E-state index in [-0.39, 0.29) is 22.5 Å². The number of anilines is 1. The number of nitrogens with one attached hydrogen (secondary N) is 3. The predicted octanol–water partition coefficient (Wildman–Crippen LogP) is 1.92. The first kappa shape index (κ1) is 18.7. The fourth-order valence-corrected chi connectivity index (χ4v) is 4.22. The fourth-order valence-electron chi connectivity index (χ4n) is 2.18. The number of thiophene rings is 1. The molecule has 1 aromatic carbocycles. The van der Waals surface area contributed by atoms with Gasteiger partial charge in [0.1, 0.15) is 4.21 Å². The second-order valence-electron chi connectivity index (χ2n) is 5.35. The molecule has 2 aromatic rings. The molecule has 3 N–H and O–H groups in total. The lowest BCUT2D eigenvalue weighted by Crippen LogP contribution is -2.48. The maximum atomic E-state index is 12.2. The summed E-state index contributed by atoms with van der Waals surface area (Å²) in [4.78, 5) is 12.1. The van der Waals surface area contributed by atoms with Crippen molar-refractivity contribution in [3.63, 3.8) is 0 Å². The van der Waals surface area contributed by atoms with E-state index in [0.717, 1.165) is 24.4 Å². The molecule has 3 rings (SSSR count). The minimum atomic E-state index is -3.60.